The number of β-amino-alcohol motifs (C(OH)–C–C–N with tert-alkyl or cyclic N) is 1. The maximum Gasteiger partial charge on any atom is 0.0791 e. The first kappa shape index (κ1) is 19.4. The van der Waals surface area contributed by atoms with Gasteiger partial charge >= 0.3 is 0 Å². The summed E-state index contributed by atoms with van der Waals surface area (Å²) in [5.74, 6) is 0. The van der Waals surface area contributed by atoms with Gasteiger partial charge in [0.1, 0.15) is 0 Å². The zero-order valence-electron chi connectivity index (χ0n) is 15.8. The summed E-state index contributed by atoms with van der Waals surface area (Å²) in [5, 5.41) is 13.9. The van der Waals surface area contributed by atoms with Gasteiger partial charge in [-0.05, 0) is 26.3 Å². The molecule has 2 rings (SSSR count). The minimum Gasteiger partial charge on any atom is -0.390 e. The number of benzene rings is 1. The summed E-state index contributed by atoms with van der Waals surface area (Å²) in [4.78, 5) is 2.30. The quantitative estimate of drug-likeness (QED) is 0.804. The van der Waals surface area contributed by atoms with E-state index in [1.54, 1.807) is 0 Å². The molecule has 0 amide bonds. The number of nitrogens with one attached hydrogen (secondary N) is 1. The standard InChI is InChI=1S/C20H34N2O2/c1-15-12-22(13-16(2)24-15)14-19(23)11-21-17(3)20(4,5)18-9-7-6-8-10-18/h6-10,15-17,19,21,23H,11-14H2,1-5H3. The largest absolute Gasteiger partial charge is 0.390 e. The van der Waals surface area contributed by atoms with Crippen LogP contribution in [-0.4, -0.2) is 60.5 Å². The van der Waals surface area contributed by atoms with Gasteiger partial charge in [-0.15, -0.1) is 0 Å². The molecular weight excluding hydrogens is 300 g/mol. The molecule has 4 heteroatoms. The van der Waals surface area contributed by atoms with Gasteiger partial charge in [-0.3, -0.25) is 4.90 Å². The van der Waals surface area contributed by atoms with Gasteiger partial charge in [0.2, 0.25) is 0 Å². The first-order chi connectivity index (χ1) is 11.3. The van der Waals surface area contributed by atoms with Gasteiger partial charge in [0.05, 0.1) is 18.3 Å². The summed E-state index contributed by atoms with van der Waals surface area (Å²) < 4.78 is 5.75. The van der Waals surface area contributed by atoms with Crippen LogP contribution in [0.1, 0.15) is 40.2 Å². The van der Waals surface area contributed by atoms with Crippen LogP contribution in [0.2, 0.25) is 0 Å². The fourth-order valence-corrected chi connectivity index (χ4v) is 3.48. The summed E-state index contributed by atoms with van der Waals surface area (Å²) in [6.07, 6.45) is 0.117. The van der Waals surface area contributed by atoms with Crippen LogP contribution < -0.4 is 5.32 Å². The topological polar surface area (TPSA) is 44.7 Å². The molecule has 0 spiro atoms. The lowest BCUT2D eigenvalue weighted by molar-refractivity contribution is -0.0763. The van der Waals surface area contributed by atoms with Crippen molar-refractivity contribution < 1.29 is 9.84 Å². The van der Waals surface area contributed by atoms with Crippen LogP contribution in [0.25, 0.3) is 0 Å². The van der Waals surface area contributed by atoms with Gasteiger partial charge in [-0.2, -0.15) is 0 Å². The van der Waals surface area contributed by atoms with Gasteiger partial charge in [0, 0.05) is 37.6 Å². The smallest absolute Gasteiger partial charge is 0.0791 e. The highest BCUT2D eigenvalue weighted by Gasteiger charge is 2.28. The summed E-state index contributed by atoms with van der Waals surface area (Å²) in [5.41, 5.74) is 1.33. The molecule has 2 N–H and O–H groups in total. The molecule has 0 radical (unpaired) electrons. The highest BCUT2D eigenvalue weighted by molar-refractivity contribution is 5.25. The molecule has 0 aliphatic carbocycles. The summed E-state index contributed by atoms with van der Waals surface area (Å²) in [6.45, 7) is 14.0. The van der Waals surface area contributed by atoms with Crippen molar-refractivity contribution in [1.29, 1.82) is 0 Å². The number of hydrogen-bond acceptors (Lipinski definition) is 4. The maximum absolute atomic E-state index is 10.4. The summed E-state index contributed by atoms with van der Waals surface area (Å²) in [6, 6.07) is 10.8. The molecular formula is C20H34N2O2. The lowest BCUT2D eigenvalue weighted by Crippen LogP contribution is -2.51. The van der Waals surface area contributed by atoms with Gasteiger partial charge in [0.15, 0.2) is 0 Å². The Kier molecular flexibility index (Phi) is 6.81. The summed E-state index contributed by atoms with van der Waals surface area (Å²) >= 11 is 0. The number of hydrogen-bond donors (Lipinski definition) is 2. The van der Waals surface area contributed by atoms with Crippen molar-refractivity contribution in [3.05, 3.63) is 35.9 Å². The van der Waals surface area contributed by atoms with Gasteiger partial charge in [-0.1, -0.05) is 44.2 Å². The first-order valence-electron chi connectivity index (χ1n) is 9.13. The van der Waals surface area contributed by atoms with Crippen LogP contribution in [0, 0.1) is 0 Å². The molecule has 4 nitrogen and oxygen atoms in total. The van der Waals surface area contributed by atoms with E-state index in [0.717, 1.165) is 13.1 Å². The van der Waals surface area contributed by atoms with Crippen LogP contribution >= 0.6 is 0 Å². The Bertz CT molecular complexity index is 482. The molecule has 4 unspecified atom stereocenters. The van der Waals surface area contributed by atoms with Crippen molar-refractivity contribution in [3.63, 3.8) is 0 Å². The molecule has 1 aromatic carbocycles. The zero-order chi connectivity index (χ0) is 17.7. The Hall–Kier alpha value is -0.940. The Morgan fingerprint density at radius 1 is 1.21 bits per heavy atom. The van der Waals surface area contributed by atoms with Crippen LogP contribution in [0.4, 0.5) is 0 Å². The Morgan fingerprint density at radius 2 is 1.79 bits per heavy atom. The monoisotopic (exact) mass is 334 g/mol. The Balaban J connectivity index is 1.81. The van der Waals surface area contributed by atoms with Crippen molar-refractivity contribution in [2.24, 2.45) is 0 Å². The van der Waals surface area contributed by atoms with Gasteiger partial charge in [-0.25, -0.2) is 0 Å². The fourth-order valence-electron chi connectivity index (χ4n) is 3.48. The second-order valence-corrected chi connectivity index (χ2v) is 7.85. The predicted octanol–water partition coefficient (Wildman–Crippen LogP) is 2.41. The van der Waals surface area contributed by atoms with Crippen molar-refractivity contribution in [1.82, 2.24) is 10.2 Å². The zero-order valence-corrected chi connectivity index (χ0v) is 15.8. The second kappa shape index (κ2) is 8.43. The fraction of sp³-hybridized carbons (Fsp3) is 0.700. The number of morpholine rings is 1. The van der Waals surface area contributed by atoms with E-state index in [0.29, 0.717) is 13.1 Å². The average Bonchev–Trinajstić information content (AvgIpc) is 2.52. The Morgan fingerprint density at radius 3 is 2.38 bits per heavy atom. The molecule has 0 bridgehead atoms. The van der Waals surface area contributed by atoms with Crippen molar-refractivity contribution in [3.8, 4) is 0 Å². The SMILES string of the molecule is CC1CN(CC(O)CNC(C)C(C)(C)c2ccccc2)CC(C)O1. The van der Waals surface area contributed by atoms with E-state index < -0.39 is 0 Å². The molecule has 4 atom stereocenters. The Labute approximate surface area is 147 Å². The van der Waals surface area contributed by atoms with Gasteiger partial charge < -0.3 is 15.2 Å². The minimum atomic E-state index is -0.364. The van der Waals surface area contributed by atoms with E-state index in [1.165, 1.54) is 5.56 Å². The lowest BCUT2D eigenvalue weighted by atomic mass is 9.78. The van der Waals surface area contributed by atoms with Crippen LogP contribution in [0.15, 0.2) is 30.3 Å². The van der Waals surface area contributed by atoms with E-state index in [-0.39, 0.29) is 29.8 Å². The first-order valence-corrected chi connectivity index (χ1v) is 9.13. The third-order valence-corrected chi connectivity index (χ3v) is 5.22. The molecule has 136 valence electrons. The number of rotatable bonds is 7. The highest BCUT2D eigenvalue weighted by atomic mass is 16.5. The van der Waals surface area contributed by atoms with E-state index >= 15 is 0 Å². The van der Waals surface area contributed by atoms with Gasteiger partial charge in [0.25, 0.3) is 0 Å². The molecule has 0 aromatic heterocycles. The molecule has 1 aromatic rings. The van der Waals surface area contributed by atoms with E-state index in [1.807, 2.05) is 6.07 Å². The number of ether oxygens (including phenoxy) is 1. The molecule has 1 aliphatic heterocycles. The normalized spacial score (nSPS) is 25.4. The predicted molar refractivity (Wildman–Crippen MR) is 99.4 cm³/mol. The van der Waals surface area contributed by atoms with Crippen molar-refractivity contribution in [2.75, 3.05) is 26.2 Å². The summed E-state index contributed by atoms with van der Waals surface area (Å²) in [7, 11) is 0. The lowest BCUT2D eigenvalue weighted by Gasteiger charge is -2.37. The van der Waals surface area contributed by atoms with E-state index in [9.17, 15) is 5.11 Å². The number of aliphatic hydroxyl groups is 1. The average molecular weight is 335 g/mol. The molecule has 1 saturated heterocycles. The van der Waals surface area contributed by atoms with Crippen LogP contribution in [0.5, 0.6) is 0 Å². The molecule has 1 fully saturated rings. The maximum atomic E-state index is 10.4. The van der Waals surface area contributed by atoms with Crippen molar-refractivity contribution in [2.45, 2.75) is 64.4 Å². The molecule has 1 heterocycles. The minimum absolute atomic E-state index is 0.0168. The van der Waals surface area contributed by atoms with E-state index in [2.05, 4.69) is 69.1 Å². The highest BCUT2D eigenvalue weighted by Crippen LogP contribution is 2.26. The van der Waals surface area contributed by atoms with E-state index in [4.69, 9.17) is 4.74 Å². The number of nitrogens with zero attached hydrogens (tertiary/aromatic N) is 1. The molecule has 24 heavy (non-hydrogen) atoms. The molecule has 1 aliphatic rings. The molecule has 0 saturated carbocycles. The third-order valence-electron chi connectivity index (χ3n) is 5.22. The number of aliphatic hydroxyl groups excluding tert-OH is 1. The van der Waals surface area contributed by atoms with Crippen LogP contribution in [0.3, 0.4) is 0 Å². The van der Waals surface area contributed by atoms with Crippen molar-refractivity contribution >= 4 is 0 Å². The second-order valence-electron chi connectivity index (χ2n) is 7.85. The van der Waals surface area contributed by atoms with Crippen LogP contribution in [-0.2, 0) is 10.2 Å². The third kappa shape index (κ3) is 5.28.